The van der Waals surface area contributed by atoms with Gasteiger partial charge in [-0.05, 0) is 37.0 Å². The molecule has 0 amide bonds. The van der Waals surface area contributed by atoms with Gasteiger partial charge in [0.05, 0.1) is 5.69 Å². The number of halogens is 4. The average Bonchev–Trinajstić information content (AvgIpc) is 2.18. The third-order valence-corrected chi connectivity index (χ3v) is 3.47. The van der Waals surface area contributed by atoms with E-state index in [2.05, 4.69) is 26.0 Å². The second kappa shape index (κ2) is 5.38. The van der Waals surface area contributed by atoms with Crippen molar-refractivity contribution in [2.45, 2.75) is 25.6 Å². The largest absolute Gasteiger partial charge is 0.573 e. The number of hydrogen-bond acceptors (Lipinski definition) is 2. The van der Waals surface area contributed by atoms with E-state index in [1.165, 1.54) is 18.6 Å². The van der Waals surface area contributed by atoms with Crippen LogP contribution < -0.4 is 10.1 Å². The van der Waals surface area contributed by atoms with Crippen molar-refractivity contribution in [1.29, 1.82) is 0 Å². The van der Waals surface area contributed by atoms with Gasteiger partial charge >= 0.3 is 6.36 Å². The molecule has 1 aliphatic rings. The number of ether oxygens (including phenoxy) is 1. The van der Waals surface area contributed by atoms with Crippen molar-refractivity contribution in [2.75, 3.05) is 11.9 Å². The molecule has 2 rings (SSSR count). The zero-order valence-corrected chi connectivity index (χ0v) is 11.1. The van der Waals surface area contributed by atoms with E-state index in [1.807, 2.05) is 0 Å². The molecule has 1 aliphatic carbocycles. The highest BCUT2D eigenvalue weighted by molar-refractivity contribution is 9.10. The minimum atomic E-state index is -4.67. The molecule has 18 heavy (non-hydrogen) atoms. The van der Waals surface area contributed by atoms with Crippen molar-refractivity contribution in [3.63, 3.8) is 0 Å². The molecule has 0 spiro atoms. The van der Waals surface area contributed by atoms with Crippen LogP contribution in [-0.4, -0.2) is 12.9 Å². The Morgan fingerprint density at radius 2 is 2.06 bits per heavy atom. The minimum absolute atomic E-state index is 0.190. The Hall–Kier alpha value is -0.910. The molecule has 1 N–H and O–H groups in total. The van der Waals surface area contributed by atoms with Gasteiger partial charge in [0.15, 0.2) is 5.75 Å². The zero-order valence-electron chi connectivity index (χ0n) is 9.56. The molecule has 0 radical (unpaired) electrons. The van der Waals surface area contributed by atoms with Crippen LogP contribution in [0, 0.1) is 5.92 Å². The molecule has 0 heterocycles. The van der Waals surface area contributed by atoms with E-state index in [9.17, 15) is 13.2 Å². The van der Waals surface area contributed by atoms with Gasteiger partial charge in [-0.1, -0.05) is 22.4 Å². The van der Waals surface area contributed by atoms with Crippen LogP contribution >= 0.6 is 15.9 Å². The normalized spacial score (nSPS) is 16.2. The summed E-state index contributed by atoms with van der Waals surface area (Å²) < 4.78 is 41.4. The molecule has 1 fully saturated rings. The van der Waals surface area contributed by atoms with Crippen LogP contribution in [0.15, 0.2) is 22.7 Å². The Balaban J connectivity index is 2.07. The van der Waals surface area contributed by atoms with E-state index in [0.717, 1.165) is 12.8 Å². The van der Waals surface area contributed by atoms with E-state index in [-0.39, 0.29) is 5.75 Å². The standard InChI is InChI=1S/C12H13BrF3NO/c13-9-4-5-11(18-12(14,15)16)10(6-9)17-7-8-2-1-3-8/h4-6,8,17H,1-3,7H2. The van der Waals surface area contributed by atoms with Crippen molar-refractivity contribution in [2.24, 2.45) is 5.92 Å². The molecule has 0 aliphatic heterocycles. The molecule has 0 saturated heterocycles. The monoisotopic (exact) mass is 323 g/mol. The summed E-state index contributed by atoms with van der Waals surface area (Å²) in [5.74, 6) is 0.368. The molecular formula is C12H13BrF3NO. The number of hydrogen-bond donors (Lipinski definition) is 1. The first-order chi connectivity index (χ1) is 8.44. The summed E-state index contributed by atoms with van der Waals surface area (Å²) in [5, 5.41) is 3.02. The summed E-state index contributed by atoms with van der Waals surface area (Å²) in [6, 6.07) is 4.43. The van der Waals surface area contributed by atoms with Crippen LogP contribution in [0.3, 0.4) is 0 Å². The zero-order chi connectivity index (χ0) is 13.2. The van der Waals surface area contributed by atoms with Gasteiger partial charge in [-0.15, -0.1) is 13.2 Å². The smallest absolute Gasteiger partial charge is 0.404 e. The molecule has 0 bridgehead atoms. The number of rotatable bonds is 4. The molecule has 0 atom stereocenters. The van der Waals surface area contributed by atoms with Gasteiger partial charge in [0.1, 0.15) is 0 Å². The second-order valence-corrected chi connectivity index (χ2v) is 5.28. The fourth-order valence-electron chi connectivity index (χ4n) is 1.81. The lowest BCUT2D eigenvalue weighted by Crippen LogP contribution is -2.22. The summed E-state index contributed by atoms with van der Waals surface area (Å²) in [6.07, 6.45) is -1.19. The number of nitrogens with one attached hydrogen (secondary N) is 1. The number of anilines is 1. The fourth-order valence-corrected chi connectivity index (χ4v) is 2.17. The Morgan fingerprint density at radius 3 is 2.61 bits per heavy atom. The summed E-state index contributed by atoms with van der Waals surface area (Å²) in [4.78, 5) is 0. The lowest BCUT2D eigenvalue weighted by Gasteiger charge is -2.26. The summed E-state index contributed by atoms with van der Waals surface area (Å²) in [7, 11) is 0. The van der Waals surface area contributed by atoms with Gasteiger partial charge in [-0.25, -0.2) is 0 Å². The first-order valence-corrected chi connectivity index (χ1v) is 6.52. The van der Waals surface area contributed by atoms with Crippen LogP contribution in [0.25, 0.3) is 0 Å². The number of benzene rings is 1. The van der Waals surface area contributed by atoms with Gasteiger partial charge in [0, 0.05) is 11.0 Å². The molecular weight excluding hydrogens is 311 g/mol. The first kappa shape index (κ1) is 13.5. The average molecular weight is 324 g/mol. The van der Waals surface area contributed by atoms with Gasteiger partial charge in [-0.2, -0.15) is 0 Å². The highest BCUT2D eigenvalue weighted by atomic mass is 79.9. The van der Waals surface area contributed by atoms with E-state index in [0.29, 0.717) is 22.6 Å². The second-order valence-electron chi connectivity index (χ2n) is 4.37. The Labute approximate surface area is 112 Å². The summed E-state index contributed by atoms with van der Waals surface area (Å²) in [5.41, 5.74) is 0.369. The number of alkyl halides is 3. The van der Waals surface area contributed by atoms with Crippen LogP contribution in [0.5, 0.6) is 5.75 Å². The van der Waals surface area contributed by atoms with Crippen molar-refractivity contribution >= 4 is 21.6 Å². The van der Waals surface area contributed by atoms with Crippen LogP contribution in [-0.2, 0) is 0 Å². The SMILES string of the molecule is FC(F)(F)Oc1ccc(Br)cc1NCC1CCC1. The van der Waals surface area contributed by atoms with Crippen molar-refractivity contribution in [3.8, 4) is 5.75 Å². The van der Waals surface area contributed by atoms with Crippen LogP contribution in [0.4, 0.5) is 18.9 Å². The van der Waals surface area contributed by atoms with Gasteiger partial charge in [0.2, 0.25) is 0 Å². The molecule has 100 valence electrons. The van der Waals surface area contributed by atoms with E-state index in [4.69, 9.17) is 0 Å². The third-order valence-electron chi connectivity index (χ3n) is 2.97. The van der Waals surface area contributed by atoms with Crippen molar-refractivity contribution in [3.05, 3.63) is 22.7 Å². The molecule has 0 aromatic heterocycles. The highest BCUT2D eigenvalue weighted by Gasteiger charge is 2.32. The lowest BCUT2D eigenvalue weighted by molar-refractivity contribution is -0.274. The maximum absolute atomic E-state index is 12.2. The van der Waals surface area contributed by atoms with Crippen LogP contribution in [0.1, 0.15) is 19.3 Å². The highest BCUT2D eigenvalue weighted by Crippen LogP contribution is 2.34. The van der Waals surface area contributed by atoms with Gasteiger partial charge in [-0.3, -0.25) is 0 Å². The molecule has 0 unspecified atom stereocenters. The van der Waals surface area contributed by atoms with Crippen molar-refractivity contribution < 1.29 is 17.9 Å². The Bertz CT molecular complexity index is 418. The maximum Gasteiger partial charge on any atom is 0.573 e. The maximum atomic E-state index is 12.2. The minimum Gasteiger partial charge on any atom is -0.404 e. The predicted molar refractivity (Wildman–Crippen MR) is 66.7 cm³/mol. The van der Waals surface area contributed by atoms with Gasteiger partial charge < -0.3 is 10.1 Å². The molecule has 1 aromatic rings. The van der Waals surface area contributed by atoms with Crippen molar-refractivity contribution in [1.82, 2.24) is 0 Å². The topological polar surface area (TPSA) is 21.3 Å². The Kier molecular flexibility index (Phi) is 4.04. The predicted octanol–water partition coefficient (Wildman–Crippen LogP) is 4.56. The van der Waals surface area contributed by atoms with Crippen LogP contribution in [0.2, 0.25) is 0 Å². The summed E-state index contributed by atoms with van der Waals surface area (Å²) in [6.45, 7) is 0.685. The molecule has 2 nitrogen and oxygen atoms in total. The van der Waals surface area contributed by atoms with Gasteiger partial charge in [0.25, 0.3) is 0 Å². The molecule has 6 heteroatoms. The van der Waals surface area contributed by atoms with E-state index >= 15 is 0 Å². The van der Waals surface area contributed by atoms with E-state index in [1.54, 1.807) is 6.07 Å². The molecule has 1 aromatic carbocycles. The summed E-state index contributed by atoms with van der Waals surface area (Å²) >= 11 is 3.24. The quantitative estimate of drug-likeness (QED) is 0.877. The first-order valence-electron chi connectivity index (χ1n) is 5.73. The molecule has 1 saturated carbocycles. The fraction of sp³-hybridized carbons (Fsp3) is 0.500. The van der Waals surface area contributed by atoms with E-state index < -0.39 is 6.36 Å². The lowest BCUT2D eigenvalue weighted by atomic mass is 9.85. The third kappa shape index (κ3) is 3.80. The Morgan fingerprint density at radius 1 is 1.33 bits per heavy atom.